The molecule has 0 saturated carbocycles. The minimum absolute atomic E-state index is 0.377. The average Bonchev–Trinajstić information content (AvgIpc) is 3.36. The molecule has 0 atom stereocenters. The predicted octanol–water partition coefficient (Wildman–Crippen LogP) is 4.44. The van der Waals surface area contributed by atoms with Crippen LogP contribution in [0.5, 0.6) is 5.75 Å². The van der Waals surface area contributed by atoms with E-state index in [4.69, 9.17) is 45.8 Å². The van der Waals surface area contributed by atoms with Gasteiger partial charge >= 0.3 is 5.97 Å². The highest BCUT2D eigenvalue weighted by molar-refractivity contribution is 6.34. The number of esters is 1. The minimum atomic E-state index is -0.581. The molecular formula is C31H44ClN3O7. The number of H-pyrrole nitrogens is 1. The van der Waals surface area contributed by atoms with Crippen molar-refractivity contribution in [2.75, 3.05) is 79.1 Å². The Balaban J connectivity index is 1.31. The molecule has 3 aromatic rings. The molecule has 11 heteroatoms. The summed E-state index contributed by atoms with van der Waals surface area (Å²) in [5.41, 5.74) is 7.76. The molecule has 0 radical (unpaired) electrons. The number of ether oxygens (including phenoxy) is 6. The van der Waals surface area contributed by atoms with Crippen molar-refractivity contribution in [1.82, 2.24) is 10.3 Å². The molecule has 0 aliphatic rings. The van der Waals surface area contributed by atoms with Crippen LogP contribution in [0.4, 0.5) is 0 Å². The third-order valence-corrected chi connectivity index (χ3v) is 6.22. The Morgan fingerprint density at radius 3 is 2.07 bits per heavy atom. The zero-order valence-corrected chi connectivity index (χ0v) is 25.6. The van der Waals surface area contributed by atoms with E-state index >= 15 is 0 Å². The molecule has 0 fully saturated rings. The number of aromatic nitrogens is 1. The third-order valence-electron chi connectivity index (χ3n) is 5.90. The Bertz CT molecular complexity index is 1210. The molecule has 0 unspecified atom stereocenters. The van der Waals surface area contributed by atoms with Gasteiger partial charge in [0.15, 0.2) is 0 Å². The maximum Gasteiger partial charge on any atom is 0.340 e. The number of carbonyl (C=O) groups is 1. The van der Waals surface area contributed by atoms with Crippen LogP contribution in [0.25, 0.3) is 22.0 Å². The highest BCUT2D eigenvalue weighted by atomic mass is 35.5. The second kappa shape index (κ2) is 18.1. The molecule has 0 saturated heterocycles. The zero-order valence-electron chi connectivity index (χ0n) is 24.8. The first-order chi connectivity index (χ1) is 20.3. The van der Waals surface area contributed by atoms with Gasteiger partial charge in [-0.25, -0.2) is 4.79 Å². The summed E-state index contributed by atoms with van der Waals surface area (Å²) >= 11 is 6.58. The Labute approximate surface area is 253 Å². The molecule has 42 heavy (non-hydrogen) atoms. The normalized spacial score (nSPS) is 11.7. The van der Waals surface area contributed by atoms with Crippen molar-refractivity contribution in [3.05, 3.63) is 53.2 Å². The van der Waals surface area contributed by atoms with Crippen molar-refractivity contribution >= 4 is 28.5 Å². The molecule has 0 aliphatic carbocycles. The SMILES string of the molecule is CC(C)(C)OC(=O)c1c[nH]c2cc(Cl)c(-c3ccc(OCCNCCOCCOCCOCCOCCN)cc3)cc12. The van der Waals surface area contributed by atoms with Crippen LogP contribution in [-0.4, -0.2) is 95.7 Å². The summed E-state index contributed by atoms with van der Waals surface area (Å²) in [6, 6.07) is 11.5. The van der Waals surface area contributed by atoms with E-state index in [1.165, 1.54) is 0 Å². The van der Waals surface area contributed by atoms with Gasteiger partial charge in [0.05, 0.1) is 63.4 Å². The van der Waals surface area contributed by atoms with E-state index in [2.05, 4.69) is 10.3 Å². The standard InChI is InChI=1S/C31H44ClN3O7/c1-31(2,3)42-30(36)27-22-35-29-21-28(32)25(20-26(27)29)23-4-6-24(7-5-23)41-13-10-34-9-12-38-15-17-40-19-18-39-16-14-37-11-8-33/h4-7,20-22,34-35H,8-19,33H2,1-3H3. The molecule has 0 amide bonds. The highest BCUT2D eigenvalue weighted by Gasteiger charge is 2.21. The Morgan fingerprint density at radius 2 is 1.45 bits per heavy atom. The van der Waals surface area contributed by atoms with E-state index in [-0.39, 0.29) is 5.97 Å². The van der Waals surface area contributed by atoms with Crippen LogP contribution in [0.3, 0.4) is 0 Å². The maximum atomic E-state index is 12.7. The molecule has 0 aliphatic heterocycles. The highest BCUT2D eigenvalue weighted by Crippen LogP contribution is 2.34. The number of rotatable bonds is 20. The second-order valence-corrected chi connectivity index (χ2v) is 10.9. The van der Waals surface area contributed by atoms with Crippen molar-refractivity contribution in [1.29, 1.82) is 0 Å². The van der Waals surface area contributed by atoms with Crippen molar-refractivity contribution in [3.8, 4) is 16.9 Å². The summed E-state index contributed by atoms with van der Waals surface area (Å²) in [4.78, 5) is 15.8. The van der Waals surface area contributed by atoms with Crippen molar-refractivity contribution in [2.24, 2.45) is 5.73 Å². The second-order valence-electron chi connectivity index (χ2n) is 10.4. The van der Waals surface area contributed by atoms with Crippen molar-refractivity contribution in [3.63, 3.8) is 0 Å². The third kappa shape index (κ3) is 11.9. The number of hydrogen-bond acceptors (Lipinski definition) is 9. The molecule has 1 aromatic heterocycles. The van der Waals surface area contributed by atoms with Crippen molar-refractivity contribution < 1.29 is 33.2 Å². The van der Waals surface area contributed by atoms with Gasteiger partial charge in [0.2, 0.25) is 0 Å². The van der Waals surface area contributed by atoms with Gasteiger partial charge in [-0.05, 0) is 50.6 Å². The first-order valence-electron chi connectivity index (χ1n) is 14.3. The number of nitrogens with two attached hydrogens (primary N) is 1. The fraction of sp³-hybridized carbons (Fsp3) is 0.516. The molecule has 1 heterocycles. The van der Waals surface area contributed by atoms with E-state index in [0.29, 0.717) is 83.1 Å². The number of hydrogen-bond donors (Lipinski definition) is 3. The lowest BCUT2D eigenvalue weighted by Gasteiger charge is -2.19. The summed E-state index contributed by atoms with van der Waals surface area (Å²) in [5, 5.41) is 4.64. The van der Waals surface area contributed by atoms with Crippen LogP contribution < -0.4 is 15.8 Å². The number of halogens is 1. The van der Waals surface area contributed by atoms with Gasteiger partial charge in [-0.3, -0.25) is 0 Å². The summed E-state index contributed by atoms with van der Waals surface area (Å²) in [7, 11) is 0. The summed E-state index contributed by atoms with van der Waals surface area (Å²) < 4.78 is 33.0. The fourth-order valence-corrected chi connectivity index (χ4v) is 4.23. The van der Waals surface area contributed by atoms with E-state index in [1.54, 1.807) is 6.20 Å². The molecule has 0 bridgehead atoms. The lowest BCUT2D eigenvalue weighted by molar-refractivity contribution is -0.000649. The van der Waals surface area contributed by atoms with Gasteiger partial charge in [-0.1, -0.05) is 23.7 Å². The Morgan fingerprint density at radius 1 is 0.857 bits per heavy atom. The summed E-state index contributed by atoms with van der Waals surface area (Å²) in [5.74, 6) is 0.382. The van der Waals surface area contributed by atoms with E-state index < -0.39 is 5.60 Å². The van der Waals surface area contributed by atoms with E-state index in [0.717, 1.165) is 34.3 Å². The lowest BCUT2D eigenvalue weighted by atomic mass is 10.0. The number of benzene rings is 2. The largest absolute Gasteiger partial charge is 0.492 e. The smallest absolute Gasteiger partial charge is 0.340 e. The van der Waals surface area contributed by atoms with Crippen molar-refractivity contribution in [2.45, 2.75) is 26.4 Å². The molecule has 0 spiro atoms. The average molecular weight is 606 g/mol. The van der Waals surface area contributed by atoms with E-state index in [9.17, 15) is 4.79 Å². The summed E-state index contributed by atoms with van der Waals surface area (Å²) in [6.07, 6.45) is 1.66. The van der Waals surface area contributed by atoms with Crippen LogP contribution >= 0.6 is 11.6 Å². The predicted molar refractivity (Wildman–Crippen MR) is 165 cm³/mol. The Kier molecular flexibility index (Phi) is 14.5. The monoisotopic (exact) mass is 605 g/mol. The first kappa shape index (κ1) is 33.8. The van der Waals surface area contributed by atoms with Gasteiger partial charge in [-0.15, -0.1) is 0 Å². The lowest BCUT2D eigenvalue weighted by Crippen LogP contribution is -2.25. The van der Waals surface area contributed by atoms with Gasteiger partial charge in [0, 0.05) is 42.3 Å². The zero-order chi connectivity index (χ0) is 30.2. The molecule has 2 aromatic carbocycles. The Hall–Kier alpha value is -2.70. The number of nitrogens with one attached hydrogen (secondary N) is 2. The first-order valence-corrected chi connectivity index (χ1v) is 14.7. The van der Waals surface area contributed by atoms with Gasteiger partial charge in [0.25, 0.3) is 0 Å². The van der Waals surface area contributed by atoms with Crippen LogP contribution in [0, 0.1) is 0 Å². The molecule has 10 nitrogen and oxygen atoms in total. The van der Waals surface area contributed by atoms with E-state index in [1.807, 2.05) is 57.2 Å². The molecule has 232 valence electrons. The maximum absolute atomic E-state index is 12.7. The van der Waals surface area contributed by atoms with Gasteiger partial charge in [-0.2, -0.15) is 0 Å². The molecule has 4 N–H and O–H groups in total. The van der Waals surface area contributed by atoms with Crippen LogP contribution in [0.1, 0.15) is 31.1 Å². The van der Waals surface area contributed by atoms with Gasteiger partial charge < -0.3 is 44.5 Å². The fourth-order valence-electron chi connectivity index (χ4n) is 3.95. The van der Waals surface area contributed by atoms with Gasteiger partial charge in [0.1, 0.15) is 18.0 Å². The number of carbonyl (C=O) groups excluding carboxylic acids is 1. The van der Waals surface area contributed by atoms with Crippen LogP contribution in [0.2, 0.25) is 5.02 Å². The number of aromatic amines is 1. The number of fused-ring (bicyclic) bond motifs is 1. The van der Waals surface area contributed by atoms with Crippen LogP contribution in [-0.2, 0) is 23.7 Å². The van der Waals surface area contributed by atoms with Crippen LogP contribution in [0.15, 0.2) is 42.6 Å². The molecule has 3 rings (SSSR count). The quantitative estimate of drug-likeness (QED) is 0.127. The summed E-state index contributed by atoms with van der Waals surface area (Å²) in [6.45, 7) is 12.4. The molecular weight excluding hydrogens is 562 g/mol. The minimum Gasteiger partial charge on any atom is -0.492 e. The topological polar surface area (TPSA) is 126 Å².